The summed E-state index contributed by atoms with van der Waals surface area (Å²) < 4.78 is 35.2. The number of carbonyl (C=O) groups excluding carboxylic acids is 1. The van der Waals surface area contributed by atoms with Crippen molar-refractivity contribution in [3.63, 3.8) is 0 Å². The van der Waals surface area contributed by atoms with Crippen LogP contribution in [0.5, 0.6) is 11.5 Å². The zero-order chi connectivity index (χ0) is 22.8. The lowest BCUT2D eigenvalue weighted by atomic mass is 10.2. The molecule has 2 aliphatic heterocycles. The van der Waals surface area contributed by atoms with E-state index in [0.717, 1.165) is 14.7 Å². The molecule has 0 spiro atoms. The van der Waals surface area contributed by atoms with Crippen LogP contribution in [0.15, 0.2) is 52.3 Å². The van der Waals surface area contributed by atoms with Crippen molar-refractivity contribution in [2.24, 2.45) is 0 Å². The number of hydrogen-bond acceptors (Lipinski definition) is 6. The predicted octanol–water partition coefficient (Wildman–Crippen LogP) is 3.15. The van der Waals surface area contributed by atoms with Crippen LogP contribution in [0.25, 0.3) is 0 Å². The molecule has 1 fully saturated rings. The molecule has 1 unspecified atom stereocenters. The maximum absolute atomic E-state index is 12.5. The minimum atomic E-state index is -3.05. The van der Waals surface area contributed by atoms with E-state index in [1.165, 1.54) is 0 Å². The smallest absolute Gasteiger partial charge is 0.345 e. The standard InChI is InChI=1S/C21H19F2N3O5S/c22-21(23)30-12-8-13(20(28)29)26(10-12)18(27)9-25-19(24)11-5-6-17-15(7-11)31-14-3-1-2-4-16(14)32-17/h1-7,12-13,21H,8-10H2,(H2,24,25)(H,28,29)/t12?,13-/m0/s1. The molecule has 4 rings (SSSR count). The monoisotopic (exact) mass is 463 g/mol. The number of rotatable bonds is 6. The molecule has 3 N–H and O–H groups in total. The van der Waals surface area contributed by atoms with E-state index >= 15 is 0 Å². The van der Waals surface area contributed by atoms with Gasteiger partial charge in [-0.15, -0.1) is 0 Å². The van der Waals surface area contributed by atoms with E-state index in [1.807, 2.05) is 30.3 Å². The van der Waals surface area contributed by atoms with Gasteiger partial charge in [0.15, 0.2) is 0 Å². The molecule has 2 aromatic carbocycles. The van der Waals surface area contributed by atoms with Crippen molar-refractivity contribution in [1.82, 2.24) is 10.2 Å². The maximum atomic E-state index is 12.5. The summed E-state index contributed by atoms with van der Waals surface area (Å²) >= 11 is 1.55. The normalized spacial score (nSPS) is 19.2. The van der Waals surface area contributed by atoms with Crippen LogP contribution in [0.3, 0.4) is 0 Å². The Balaban J connectivity index is 1.38. The van der Waals surface area contributed by atoms with Crippen molar-refractivity contribution >= 4 is 29.5 Å². The van der Waals surface area contributed by atoms with E-state index < -0.39 is 30.6 Å². The molecule has 0 saturated carbocycles. The number of likely N-dealkylation sites (tertiary alicyclic amines) is 1. The Morgan fingerprint density at radius 3 is 2.75 bits per heavy atom. The SMILES string of the molecule is N=C(NCC(=O)N1CC(OC(F)F)C[C@H]1C(=O)O)c1ccc2c(c1)Oc1ccccc1S2. The third-order valence-corrected chi connectivity index (χ3v) is 6.22. The van der Waals surface area contributed by atoms with Gasteiger partial charge < -0.3 is 24.8 Å². The van der Waals surface area contributed by atoms with Crippen LogP contribution in [-0.2, 0) is 14.3 Å². The quantitative estimate of drug-likeness (QED) is 0.380. The molecule has 0 aromatic heterocycles. The van der Waals surface area contributed by atoms with Crippen molar-refractivity contribution in [3.05, 3.63) is 48.0 Å². The molecule has 1 amide bonds. The highest BCUT2D eigenvalue weighted by atomic mass is 32.2. The van der Waals surface area contributed by atoms with Crippen LogP contribution in [0, 0.1) is 5.41 Å². The third-order valence-electron chi connectivity index (χ3n) is 5.10. The van der Waals surface area contributed by atoms with Crippen molar-refractivity contribution in [3.8, 4) is 11.5 Å². The highest BCUT2D eigenvalue weighted by Gasteiger charge is 2.41. The first-order valence-corrected chi connectivity index (χ1v) is 10.5. The van der Waals surface area contributed by atoms with Crippen LogP contribution >= 0.6 is 11.8 Å². The number of aliphatic carboxylic acids is 1. The number of nitrogens with zero attached hydrogens (tertiary/aromatic N) is 1. The van der Waals surface area contributed by atoms with E-state index in [9.17, 15) is 23.5 Å². The van der Waals surface area contributed by atoms with Crippen LogP contribution in [0.1, 0.15) is 12.0 Å². The number of amidine groups is 1. The summed E-state index contributed by atoms with van der Waals surface area (Å²) in [6.45, 7) is -3.66. The fraction of sp³-hybridized carbons (Fsp3) is 0.286. The first kappa shape index (κ1) is 22.0. The number of fused-ring (bicyclic) bond motifs is 2. The Hall–Kier alpha value is -3.18. The van der Waals surface area contributed by atoms with Gasteiger partial charge in [-0.3, -0.25) is 10.2 Å². The fourth-order valence-corrected chi connectivity index (χ4v) is 4.53. The number of benzene rings is 2. The van der Waals surface area contributed by atoms with Gasteiger partial charge in [0.2, 0.25) is 5.91 Å². The molecule has 2 heterocycles. The van der Waals surface area contributed by atoms with Crippen molar-refractivity contribution in [2.45, 2.75) is 35.0 Å². The zero-order valence-electron chi connectivity index (χ0n) is 16.6. The van der Waals surface area contributed by atoms with Gasteiger partial charge in [0.1, 0.15) is 23.4 Å². The summed E-state index contributed by atoms with van der Waals surface area (Å²) in [6, 6.07) is 11.5. The molecular formula is C21H19F2N3O5S. The van der Waals surface area contributed by atoms with Crippen molar-refractivity contribution in [2.75, 3.05) is 13.1 Å². The van der Waals surface area contributed by atoms with Crippen LogP contribution in [0.2, 0.25) is 0 Å². The summed E-state index contributed by atoms with van der Waals surface area (Å²) in [6.07, 6.45) is -1.28. The topological polar surface area (TPSA) is 112 Å². The third kappa shape index (κ3) is 4.68. The second-order valence-corrected chi connectivity index (χ2v) is 8.28. The van der Waals surface area contributed by atoms with Gasteiger partial charge in [-0.25, -0.2) is 4.79 Å². The van der Waals surface area contributed by atoms with E-state index in [1.54, 1.807) is 23.9 Å². The Morgan fingerprint density at radius 1 is 1.25 bits per heavy atom. The van der Waals surface area contributed by atoms with Gasteiger partial charge in [-0.1, -0.05) is 23.9 Å². The highest BCUT2D eigenvalue weighted by molar-refractivity contribution is 7.99. The van der Waals surface area contributed by atoms with Gasteiger partial charge in [0, 0.05) is 18.5 Å². The molecule has 8 nitrogen and oxygen atoms in total. The number of amides is 1. The molecule has 0 aliphatic carbocycles. The number of halogens is 2. The number of alkyl halides is 2. The van der Waals surface area contributed by atoms with Gasteiger partial charge in [-0.05, 0) is 30.3 Å². The molecule has 2 aromatic rings. The molecule has 1 saturated heterocycles. The molecule has 0 radical (unpaired) electrons. The van der Waals surface area contributed by atoms with E-state index in [2.05, 4.69) is 10.1 Å². The Kier molecular flexibility index (Phi) is 6.28. The fourth-order valence-electron chi connectivity index (χ4n) is 3.60. The van der Waals surface area contributed by atoms with E-state index in [-0.39, 0.29) is 25.3 Å². The lowest BCUT2D eigenvalue weighted by molar-refractivity contribution is -0.160. The first-order valence-electron chi connectivity index (χ1n) is 9.69. The lowest BCUT2D eigenvalue weighted by Gasteiger charge is -2.22. The minimum absolute atomic E-state index is 0.0555. The second-order valence-electron chi connectivity index (χ2n) is 7.20. The average molecular weight is 463 g/mol. The second kappa shape index (κ2) is 9.13. The summed E-state index contributed by atoms with van der Waals surface area (Å²) in [4.78, 5) is 26.8. The van der Waals surface area contributed by atoms with Gasteiger partial charge in [0.05, 0.1) is 22.4 Å². The van der Waals surface area contributed by atoms with E-state index in [0.29, 0.717) is 17.1 Å². The minimum Gasteiger partial charge on any atom is -0.480 e. The number of carbonyl (C=O) groups is 2. The van der Waals surface area contributed by atoms with Crippen LogP contribution in [0.4, 0.5) is 8.78 Å². The number of nitrogens with one attached hydrogen (secondary N) is 2. The number of hydrogen-bond donors (Lipinski definition) is 3. The molecule has 0 bridgehead atoms. The van der Waals surface area contributed by atoms with Gasteiger partial charge in [-0.2, -0.15) is 8.78 Å². The Morgan fingerprint density at radius 2 is 2.00 bits per heavy atom. The van der Waals surface area contributed by atoms with Gasteiger partial charge >= 0.3 is 12.6 Å². The number of para-hydroxylation sites is 1. The molecular weight excluding hydrogens is 444 g/mol. The van der Waals surface area contributed by atoms with Gasteiger partial charge in [0.25, 0.3) is 0 Å². The average Bonchev–Trinajstić information content (AvgIpc) is 3.19. The lowest BCUT2D eigenvalue weighted by Crippen LogP contribution is -2.45. The summed E-state index contributed by atoms with van der Waals surface area (Å²) in [5.41, 5.74) is 0.478. The molecule has 168 valence electrons. The van der Waals surface area contributed by atoms with Crippen molar-refractivity contribution in [1.29, 1.82) is 5.41 Å². The molecule has 2 aliphatic rings. The summed E-state index contributed by atoms with van der Waals surface area (Å²) in [5.74, 6) is -0.674. The first-order chi connectivity index (χ1) is 15.3. The zero-order valence-corrected chi connectivity index (χ0v) is 17.4. The largest absolute Gasteiger partial charge is 0.480 e. The predicted molar refractivity (Wildman–Crippen MR) is 111 cm³/mol. The number of ether oxygens (including phenoxy) is 2. The van der Waals surface area contributed by atoms with Crippen LogP contribution in [-0.4, -0.2) is 59.6 Å². The number of carboxylic acid groups (broad SMARTS) is 1. The summed E-state index contributed by atoms with van der Waals surface area (Å²) in [7, 11) is 0. The Labute approximate surface area is 186 Å². The highest BCUT2D eigenvalue weighted by Crippen LogP contribution is 2.46. The Bertz CT molecular complexity index is 1070. The molecule has 32 heavy (non-hydrogen) atoms. The van der Waals surface area contributed by atoms with Crippen LogP contribution < -0.4 is 10.1 Å². The van der Waals surface area contributed by atoms with E-state index in [4.69, 9.17) is 10.1 Å². The molecule has 2 atom stereocenters. The van der Waals surface area contributed by atoms with Crippen molar-refractivity contribution < 1.29 is 33.0 Å². The molecule has 11 heteroatoms. The summed E-state index contributed by atoms with van der Waals surface area (Å²) in [5, 5.41) is 20.2. The maximum Gasteiger partial charge on any atom is 0.345 e. The number of carboxylic acids is 1.